The summed E-state index contributed by atoms with van der Waals surface area (Å²) in [4.78, 5) is 0. The molecule has 2 heteroatoms. The van der Waals surface area contributed by atoms with Gasteiger partial charge in [-0.25, -0.2) is 0 Å². The van der Waals surface area contributed by atoms with Crippen molar-refractivity contribution in [2.75, 3.05) is 6.54 Å². The Bertz CT molecular complexity index is 472. The molecular weight excluding hydrogens is 222 g/mol. The maximum absolute atomic E-state index is 6.07. The molecule has 0 aliphatic carbocycles. The molecule has 0 atom stereocenters. The van der Waals surface area contributed by atoms with Gasteiger partial charge in [0.2, 0.25) is 0 Å². The summed E-state index contributed by atoms with van der Waals surface area (Å²) in [5.41, 5.74) is 9.44. The molecule has 2 rings (SSSR count). The number of hydrogen-bond donors (Lipinski definition) is 1. The van der Waals surface area contributed by atoms with Crippen molar-refractivity contribution >= 4 is 6.08 Å². The van der Waals surface area contributed by atoms with E-state index in [0.29, 0.717) is 12.5 Å². The molecule has 0 fully saturated rings. The Labute approximate surface area is 110 Å². The minimum Gasteiger partial charge on any atom is -0.487 e. The Morgan fingerprint density at radius 1 is 1.44 bits per heavy atom. The van der Waals surface area contributed by atoms with Crippen LogP contribution in [0, 0.1) is 5.92 Å². The highest BCUT2D eigenvalue weighted by Crippen LogP contribution is 2.38. The highest BCUT2D eigenvalue weighted by Gasteiger charge is 2.31. The summed E-state index contributed by atoms with van der Waals surface area (Å²) >= 11 is 0. The highest BCUT2D eigenvalue weighted by atomic mass is 16.5. The van der Waals surface area contributed by atoms with Gasteiger partial charge in [-0.1, -0.05) is 43.7 Å². The SMILES string of the molecule is CC(C)C(=Cc1cccc2c1OC(C)(C)C2)CN. The van der Waals surface area contributed by atoms with Gasteiger partial charge in [-0.15, -0.1) is 0 Å². The zero-order chi connectivity index (χ0) is 13.3. The fourth-order valence-electron chi connectivity index (χ4n) is 2.41. The molecule has 0 aromatic heterocycles. The topological polar surface area (TPSA) is 35.2 Å². The fraction of sp³-hybridized carbons (Fsp3) is 0.500. The van der Waals surface area contributed by atoms with E-state index in [4.69, 9.17) is 10.5 Å². The summed E-state index contributed by atoms with van der Waals surface area (Å²) in [6, 6.07) is 6.36. The third kappa shape index (κ3) is 2.59. The molecule has 0 spiro atoms. The minimum absolute atomic E-state index is 0.0903. The van der Waals surface area contributed by atoms with E-state index in [9.17, 15) is 0 Å². The molecule has 0 saturated heterocycles. The molecule has 1 aromatic rings. The first-order valence-electron chi connectivity index (χ1n) is 6.64. The number of para-hydroxylation sites is 1. The molecule has 0 unspecified atom stereocenters. The second-order valence-corrected chi connectivity index (χ2v) is 5.95. The van der Waals surface area contributed by atoms with Crippen molar-refractivity contribution < 1.29 is 4.74 Å². The number of hydrogen-bond acceptors (Lipinski definition) is 2. The van der Waals surface area contributed by atoms with Crippen LogP contribution in [0.3, 0.4) is 0 Å². The minimum atomic E-state index is -0.0903. The summed E-state index contributed by atoms with van der Waals surface area (Å²) < 4.78 is 6.07. The van der Waals surface area contributed by atoms with Gasteiger partial charge in [-0.3, -0.25) is 0 Å². The van der Waals surface area contributed by atoms with Crippen molar-refractivity contribution in [2.24, 2.45) is 11.7 Å². The summed E-state index contributed by atoms with van der Waals surface area (Å²) in [6.07, 6.45) is 3.16. The van der Waals surface area contributed by atoms with E-state index in [2.05, 4.69) is 52.0 Å². The van der Waals surface area contributed by atoms with Gasteiger partial charge in [0.1, 0.15) is 11.4 Å². The van der Waals surface area contributed by atoms with E-state index in [1.54, 1.807) is 0 Å². The van der Waals surface area contributed by atoms with Crippen LogP contribution >= 0.6 is 0 Å². The van der Waals surface area contributed by atoms with Gasteiger partial charge in [0.15, 0.2) is 0 Å². The Balaban J connectivity index is 2.41. The zero-order valence-corrected chi connectivity index (χ0v) is 11.8. The molecule has 1 heterocycles. The molecule has 1 aromatic carbocycles. The Morgan fingerprint density at radius 2 is 2.17 bits per heavy atom. The number of rotatable bonds is 3. The number of benzene rings is 1. The van der Waals surface area contributed by atoms with Gasteiger partial charge in [-0.2, -0.15) is 0 Å². The van der Waals surface area contributed by atoms with E-state index < -0.39 is 0 Å². The number of ether oxygens (including phenoxy) is 1. The van der Waals surface area contributed by atoms with E-state index >= 15 is 0 Å². The molecule has 0 amide bonds. The first kappa shape index (κ1) is 13.2. The van der Waals surface area contributed by atoms with Crippen molar-refractivity contribution in [3.8, 4) is 5.75 Å². The van der Waals surface area contributed by atoms with Crippen molar-refractivity contribution in [1.29, 1.82) is 0 Å². The van der Waals surface area contributed by atoms with Crippen LogP contribution < -0.4 is 10.5 Å². The smallest absolute Gasteiger partial charge is 0.130 e. The average Bonchev–Trinajstić information content (AvgIpc) is 2.60. The van der Waals surface area contributed by atoms with Crippen LogP contribution in [0.5, 0.6) is 5.75 Å². The monoisotopic (exact) mass is 245 g/mol. The Kier molecular flexibility index (Phi) is 3.49. The predicted molar refractivity (Wildman–Crippen MR) is 76.7 cm³/mol. The molecule has 0 saturated carbocycles. The van der Waals surface area contributed by atoms with E-state index in [-0.39, 0.29) is 5.60 Å². The van der Waals surface area contributed by atoms with Crippen molar-refractivity contribution in [3.63, 3.8) is 0 Å². The molecular formula is C16H23NO. The maximum Gasteiger partial charge on any atom is 0.130 e. The third-order valence-corrected chi connectivity index (χ3v) is 3.44. The van der Waals surface area contributed by atoms with Crippen molar-refractivity contribution in [1.82, 2.24) is 0 Å². The lowest BCUT2D eigenvalue weighted by Crippen LogP contribution is -2.24. The van der Waals surface area contributed by atoms with Crippen LogP contribution in [0.4, 0.5) is 0 Å². The summed E-state index contributed by atoms with van der Waals surface area (Å²) in [5, 5.41) is 0. The van der Waals surface area contributed by atoms with Crippen LogP contribution in [0.15, 0.2) is 23.8 Å². The summed E-state index contributed by atoms with van der Waals surface area (Å²) in [7, 11) is 0. The Morgan fingerprint density at radius 3 is 2.78 bits per heavy atom. The summed E-state index contributed by atoms with van der Waals surface area (Å²) in [6.45, 7) is 9.21. The normalized spacial score (nSPS) is 17.8. The van der Waals surface area contributed by atoms with Crippen LogP contribution in [0.1, 0.15) is 38.8 Å². The average molecular weight is 245 g/mol. The van der Waals surface area contributed by atoms with Gasteiger partial charge in [0.05, 0.1) is 0 Å². The molecule has 1 aliphatic heterocycles. The zero-order valence-electron chi connectivity index (χ0n) is 11.8. The largest absolute Gasteiger partial charge is 0.487 e. The van der Waals surface area contributed by atoms with Gasteiger partial charge in [0.25, 0.3) is 0 Å². The van der Waals surface area contributed by atoms with Crippen molar-refractivity contribution in [2.45, 2.75) is 39.7 Å². The van der Waals surface area contributed by atoms with E-state index in [1.165, 1.54) is 11.1 Å². The van der Waals surface area contributed by atoms with Gasteiger partial charge < -0.3 is 10.5 Å². The highest BCUT2D eigenvalue weighted by molar-refractivity contribution is 5.64. The van der Waals surface area contributed by atoms with E-state index in [1.807, 2.05) is 0 Å². The standard InChI is InChI=1S/C16H23NO/c1-11(2)14(10-17)8-12-6-5-7-13-9-16(3,4)18-15(12)13/h5-8,11H,9-10,17H2,1-4H3. The lowest BCUT2D eigenvalue weighted by Gasteiger charge is -2.18. The second kappa shape index (κ2) is 4.77. The quantitative estimate of drug-likeness (QED) is 0.885. The molecule has 2 nitrogen and oxygen atoms in total. The number of fused-ring (bicyclic) bond motifs is 1. The van der Waals surface area contributed by atoms with Crippen LogP contribution in [-0.4, -0.2) is 12.1 Å². The van der Waals surface area contributed by atoms with Gasteiger partial charge in [-0.05, 0) is 25.3 Å². The van der Waals surface area contributed by atoms with Crippen LogP contribution in [0.2, 0.25) is 0 Å². The molecule has 0 radical (unpaired) electrons. The lowest BCUT2D eigenvalue weighted by atomic mass is 9.97. The molecule has 98 valence electrons. The third-order valence-electron chi connectivity index (χ3n) is 3.44. The van der Waals surface area contributed by atoms with Crippen molar-refractivity contribution in [3.05, 3.63) is 34.9 Å². The maximum atomic E-state index is 6.07. The molecule has 18 heavy (non-hydrogen) atoms. The number of nitrogens with two attached hydrogens (primary N) is 1. The predicted octanol–water partition coefficient (Wildman–Crippen LogP) is 3.40. The molecule has 2 N–H and O–H groups in total. The first-order valence-corrected chi connectivity index (χ1v) is 6.64. The van der Waals surface area contributed by atoms with E-state index in [0.717, 1.165) is 17.7 Å². The lowest BCUT2D eigenvalue weighted by molar-refractivity contribution is 0.138. The first-order chi connectivity index (χ1) is 8.43. The van der Waals surface area contributed by atoms with Crippen LogP contribution in [0.25, 0.3) is 6.08 Å². The summed E-state index contributed by atoms with van der Waals surface area (Å²) in [5.74, 6) is 1.51. The molecule has 0 bridgehead atoms. The second-order valence-electron chi connectivity index (χ2n) is 5.95. The Hall–Kier alpha value is -1.28. The van der Waals surface area contributed by atoms with Crippen LogP contribution in [-0.2, 0) is 6.42 Å². The molecule has 1 aliphatic rings. The van der Waals surface area contributed by atoms with Gasteiger partial charge in [0, 0.05) is 18.5 Å². The fourth-order valence-corrected chi connectivity index (χ4v) is 2.41. The van der Waals surface area contributed by atoms with Gasteiger partial charge >= 0.3 is 0 Å².